The van der Waals surface area contributed by atoms with Crippen LogP contribution in [0.15, 0.2) is 18.2 Å². The van der Waals surface area contributed by atoms with Gasteiger partial charge in [-0.3, -0.25) is 0 Å². The van der Waals surface area contributed by atoms with Crippen molar-refractivity contribution in [2.45, 2.75) is 19.8 Å². The molecule has 0 spiro atoms. The molecule has 0 aromatic heterocycles. The van der Waals surface area contributed by atoms with Crippen LogP contribution in [0.1, 0.15) is 25.3 Å². The molecular weight excluding hydrogens is 210 g/mol. The highest BCUT2D eigenvalue weighted by molar-refractivity contribution is 6.30. The lowest BCUT2D eigenvalue weighted by atomic mass is 10.0. The standard InChI is InChI=1S/C12H16ClNO/c1-12(2)9(6-14)11(12)8-4-3-7(13)5-10(8)15/h3-5,9,11,15H,6,14H2,1-2H3/t9-,11-/m0/s1. The minimum atomic E-state index is 0.195. The number of hydrogen-bond acceptors (Lipinski definition) is 2. The summed E-state index contributed by atoms with van der Waals surface area (Å²) < 4.78 is 0. The highest BCUT2D eigenvalue weighted by Gasteiger charge is 2.57. The van der Waals surface area contributed by atoms with Crippen LogP contribution in [0.2, 0.25) is 5.02 Å². The number of halogens is 1. The van der Waals surface area contributed by atoms with E-state index in [4.69, 9.17) is 17.3 Å². The zero-order valence-corrected chi connectivity index (χ0v) is 9.75. The van der Waals surface area contributed by atoms with Crippen molar-refractivity contribution < 1.29 is 5.11 Å². The van der Waals surface area contributed by atoms with Gasteiger partial charge in [-0.1, -0.05) is 31.5 Å². The summed E-state index contributed by atoms with van der Waals surface area (Å²) in [5, 5.41) is 10.4. The molecule has 0 heterocycles. The molecule has 0 unspecified atom stereocenters. The van der Waals surface area contributed by atoms with E-state index in [2.05, 4.69) is 13.8 Å². The van der Waals surface area contributed by atoms with Crippen LogP contribution in [-0.4, -0.2) is 11.7 Å². The van der Waals surface area contributed by atoms with E-state index < -0.39 is 0 Å². The second-order valence-corrected chi connectivity index (χ2v) is 5.28. The van der Waals surface area contributed by atoms with Gasteiger partial charge in [-0.25, -0.2) is 0 Å². The van der Waals surface area contributed by atoms with Crippen LogP contribution in [0.3, 0.4) is 0 Å². The van der Waals surface area contributed by atoms with Gasteiger partial charge in [0.25, 0.3) is 0 Å². The third-order valence-corrected chi connectivity index (χ3v) is 3.87. The predicted octanol–water partition coefficient (Wildman–Crippen LogP) is 2.74. The summed E-state index contributed by atoms with van der Waals surface area (Å²) in [5.41, 5.74) is 6.88. The van der Waals surface area contributed by atoms with E-state index in [0.717, 1.165) is 5.56 Å². The topological polar surface area (TPSA) is 46.2 Å². The van der Waals surface area contributed by atoms with Gasteiger partial charge in [0.15, 0.2) is 0 Å². The summed E-state index contributed by atoms with van der Waals surface area (Å²) >= 11 is 5.80. The van der Waals surface area contributed by atoms with E-state index in [1.807, 2.05) is 12.1 Å². The zero-order chi connectivity index (χ0) is 11.2. The first-order valence-corrected chi connectivity index (χ1v) is 5.54. The minimum Gasteiger partial charge on any atom is -0.508 e. The van der Waals surface area contributed by atoms with Crippen molar-refractivity contribution in [3.8, 4) is 5.75 Å². The zero-order valence-electron chi connectivity index (χ0n) is 9.00. The Hall–Kier alpha value is -0.730. The van der Waals surface area contributed by atoms with E-state index >= 15 is 0 Å². The predicted molar refractivity (Wildman–Crippen MR) is 62.2 cm³/mol. The molecule has 1 aliphatic carbocycles. The van der Waals surface area contributed by atoms with Crippen molar-refractivity contribution in [3.05, 3.63) is 28.8 Å². The van der Waals surface area contributed by atoms with Gasteiger partial charge in [-0.15, -0.1) is 0 Å². The molecule has 0 saturated heterocycles. The van der Waals surface area contributed by atoms with E-state index in [0.29, 0.717) is 23.4 Å². The number of rotatable bonds is 2. The molecule has 1 aromatic rings. The third kappa shape index (κ3) is 1.62. The summed E-state index contributed by atoms with van der Waals surface area (Å²) in [6.07, 6.45) is 0. The lowest BCUT2D eigenvalue weighted by Gasteiger charge is -2.06. The van der Waals surface area contributed by atoms with Gasteiger partial charge in [0.1, 0.15) is 5.75 Å². The molecule has 0 amide bonds. The summed E-state index contributed by atoms with van der Waals surface area (Å²) in [6.45, 7) is 5.03. The van der Waals surface area contributed by atoms with Crippen molar-refractivity contribution in [2.75, 3.05) is 6.54 Å². The molecule has 0 aliphatic heterocycles. The molecule has 3 heteroatoms. The lowest BCUT2D eigenvalue weighted by molar-refractivity contribution is 0.464. The Kier molecular flexibility index (Phi) is 2.44. The summed E-state index contributed by atoms with van der Waals surface area (Å²) in [7, 11) is 0. The fourth-order valence-corrected chi connectivity index (χ4v) is 2.75. The first-order valence-electron chi connectivity index (χ1n) is 5.17. The lowest BCUT2D eigenvalue weighted by Crippen LogP contribution is -2.05. The fraction of sp³-hybridized carbons (Fsp3) is 0.500. The Morgan fingerprint density at radius 1 is 1.47 bits per heavy atom. The van der Waals surface area contributed by atoms with Gasteiger partial charge < -0.3 is 10.8 Å². The first-order chi connectivity index (χ1) is 6.98. The Bertz CT molecular complexity index is 389. The number of nitrogens with two attached hydrogens (primary N) is 1. The van der Waals surface area contributed by atoms with Crippen LogP contribution in [0, 0.1) is 11.3 Å². The number of benzene rings is 1. The SMILES string of the molecule is CC1(C)[C@@H](CN)[C@@H]1c1ccc(Cl)cc1O. The second kappa shape index (κ2) is 3.39. The van der Waals surface area contributed by atoms with Crippen molar-refractivity contribution in [3.63, 3.8) is 0 Å². The fourth-order valence-electron chi connectivity index (χ4n) is 2.58. The van der Waals surface area contributed by atoms with Crippen LogP contribution in [0.5, 0.6) is 5.75 Å². The summed E-state index contributed by atoms with van der Waals surface area (Å²) in [5.74, 6) is 1.11. The molecule has 0 radical (unpaired) electrons. The maximum atomic E-state index is 9.82. The number of phenols is 1. The second-order valence-electron chi connectivity index (χ2n) is 4.84. The molecule has 3 N–H and O–H groups in total. The van der Waals surface area contributed by atoms with Gasteiger partial charge in [0.2, 0.25) is 0 Å². The molecular formula is C12H16ClNO. The third-order valence-electron chi connectivity index (χ3n) is 3.63. The largest absolute Gasteiger partial charge is 0.508 e. The molecule has 82 valence electrons. The van der Waals surface area contributed by atoms with Crippen molar-refractivity contribution in [1.82, 2.24) is 0 Å². The number of hydrogen-bond donors (Lipinski definition) is 2. The Morgan fingerprint density at radius 2 is 2.13 bits per heavy atom. The van der Waals surface area contributed by atoms with Crippen molar-refractivity contribution in [2.24, 2.45) is 17.1 Å². The number of aromatic hydroxyl groups is 1. The van der Waals surface area contributed by atoms with Crippen LogP contribution >= 0.6 is 11.6 Å². The average Bonchev–Trinajstić information content (AvgIpc) is 2.68. The Labute approximate surface area is 95.1 Å². The minimum absolute atomic E-state index is 0.195. The molecule has 0 bridgehead atoms. The van der Waals surface area contributed by atoms with Gasteiger partial charge in [-0.05, 0) is 41.5 Å². The summed E-state index contributed by atoms with van der Waals surface area (Å²) in [4.78, 5) is 0. The molecule has 1 saturated carbocycles. The highest BCUT2D eigenvalue weighted by Crippen LogP contribution is 2.65. The maximum absolute atomic E-state index is 9.82. The van der Waals surface area contributed by atoms with Crippen LogP contribution in [0.4, 0.5) is 0 Å². The van der Waals surface area contributed by atoms with Crippen LogP contribution in [-0.2, 0) is 0 Å². The van der Waals surface area contributed by atoms with E-state index in [-0.39, 0.29) is 11.2 Å². The maximum Gasteiger partial charge on any atom is 0.120 e. The van der Waals surface area contributed by atoms with Crippen molar-refractivity contribution >= 4 is 11.6 Å². The molecule has 1 aromatic carbocycles. The molecule has 2 rings (SSSR count). The molecule has 2 atom stereocenters. The smallest absolute Gasteiger partial charge is 0.120 e. The van der Waals surface area contributed by atoms with Gasteiger partial charge in [0, 0.05) is 5.02 Å². The molecule has 15 heavy (non-hydrogen) atoms. The normalized spacial score (nSPS) is 27.7. The number of phenolic OH excluding ortho intramolecular Hbond substituents is 1. The summed E-state index contributed by atoms with van der Waals surface area (Å²) in [6, 6.07) is 5.32. The van der Waals surface area contributed by atoms with E-state index in [9.17, 15) is 5.11 Å². The van der Waals surface area contributed by atoms with Crippen LogP contribution in [0.25, 0.3) is 0 Å². The first kappa shape index (κ1) is 10.8. The van der Waals surface area contributed by atoms with Gasteiger partial charge in [0.05, 0.1) is 0 Å². The van der Waals surface area contributed by atoms with E-state index in [1.54, 1.807) is 6.07 Å². The monoisotopic (exact) mass is 225 g/mol. The van der Waals surface area contributed by atoms with E-state index in [1.165, 1.54) is 0 Å². The van der Waals surface area contributed by atoms with Crippen LogP contribution < -0.4 is 5.73 Å². The molecule has 2 nitrogen and oxygen atoms in total. The average molecular weight is 226 g/mol. The van der Waals surface area contributed by atoms with Gasteiger partial charge >= 0.3 is 0 Å². The Balaban J connectivity index is 2.33. The van der Waals surface area contributed by atoms with Crippen molar-refractivity contribution in [1.29, 1.82) is 0 Å². The molecule has 1 aliphatic rings. The van der Waals surface area contributed by atoms with Gasteiger partial charge in [-0.2, -0.15) is 0 Å². The molecule has 1 fully saturated rings. The quantitative estimate of drug-likeness (QED) is 0.813. The highest BCUT2D eigenvalue weighted by atomic mass is 35.5. The Morgan fingerprint density at radius 3 is 2.60 bits per heavy atom.